The average molecular weight is 367 g/mol. The number of hydrazone groups is 1. The van der Waals surface area contributed by atoms with Gasteiger partial charge in [-0.05, 0) is 31.2 Å². The van der Waals surface area contributed by atoms with E-state index in [1.165, 1.54) is 25.1 Å². The second-order valence-electron chi connectivity index (χ2n) is 4.99. The van der Waals surface area contributed by atoms with Gasteiger partial charge < -0.3 is 0 Å². The third-order valence-electron chi connectivity index (χ3n) is 3.15. The van der Waals surface area contributed by atoms with Gasteiger partial charge in [0.05, 0.1) is 17.2 Å². The Hall–Kier alpha value is -2.65. The van der Waals surface area contributed by atoms with Crippen molar-refractivity contribution in [3.63, 3.8) is 0 Å². The van der Waals surface area contributed by atoms with Gasteiger partial charge in [0.2, 0.25) is 10.0 Å². The van der Waals surface area contributed by atoms with Crippen LogP contribution in [0.3, 0.4) is 0 Å². The van der Waals surface area contributed by atoms with E-state index in [1.807, 2.05) is 0 Å². The normalized spacial score (nSPS) is 12.0. The highest BCUT2D eigenvalue weighted by atomic mass is 32.2. The zero-order valence-electron chi connectivity index (χ0n) is 13.2. The quantitative estimate of drug-likeness (QED) is 0.603. The number of sulfonamides is 1. The Morgan fingerprint density at radius 1 is 1.12 bits per heavy atom. The predicted molar refractivity (Wildman–Crippen MR) is 88.3 cm³/mol. The van der Waals surface area contributed by atoms with E-state index in [2.05, 4.69) is 15.2 Å². The Morgan fingerprint density at radius 2 is 1.80 bits per heavy atom. The Morgan fingerprint density at radius 3 is 2.44 bits per heavy atom. The molecule has 0 bridgehead atoms. The summed E-state index contributed by atoms with van der Waals surface area (Å²) in [6.07, 6.45) is 0. The van der Waals surface area contributed by atoms with Gasteiger partial charge in [0, 0.05) is 11.6 Å². The molecule has 6 nitrogen and oxygen atoms in total. The van der Waals surface area contributed by atoms with E-state index in [0.717, 1.165) is 6.07 Å². The van der Waals surface area contributed by atoms with Crippen molar-refractivity contribution in [2.75, 3.05) is 6.54 Å². The number of benzene rings is 2. The summed E-state index contributed by atoms with van der Waals surface area (Å²) in [4.78, 5) is 11.7. The van der Waals surface area contributed by atoms with Crippen molar-refractivity contribution in [3.8, 4) is 0 Å². The minimum absolute atomic E-state index is 0.0200. The van der Waals surface area contributed by atoms with Crippen molar-refractivity contribution >= 4 is 21.6 Å². The molecule has 0 spiro atoms. The summed E-state index contributed by atoms with van der Waals surface area (Å²) in [7, 11) is -3.82. The standard InChI is InChI=1S/C16H15F2N3O3S/c1-11(14-8-7-12(17)9-15(14)18)20-21-16(22)10-19-25(23,24)13-5-3-2-4-6-13/h2-9,19H,10H2,1H3,(H,21,22)/b20-11-. The van der Waals surface area contributed by atoms with Crippen LogP contribution < -0.4 is 10.1 Å². The molecule has 2 rings (SSSR count). The summed E-state index contributed by atoms with van der Waals surface area (Å²) in [5.74, 6) is -2.28. The third-order valence-corrected chi connectivity index (χ3v) is 4.56. The Bertz CT molecular complexity index is 900. The summed E-state index contributed by atoms with van der Waals surface area (Å²) in [5.41, 5.74) is 2.24. The molecule has 0 radical (unpaired) electrons. The van der Waals surface area contributed by atoms with Crippen molar-refractivity contribution in [1.29, 1.82) is 0 Å². The van der Waals surface area contributed by atoms with Crippen LogP contribution in [0.25, 0.3) is 0 Å². The molecular weight excluding hydrogens is 352 g/mol. The van der Waals surface area contributed by atoms with Crippen molar-refractivity contribution < 1.29 is 22.0 Å². The van der Waals surface area contributed by atoms with Gasteiger partial charge in [-0.25, -0.2) is 27.3 Å². The number of halogens is 2. The monoisotopic (exact) mass is 367 g/mol. The molecule has 1 amide bonds. The number of hydrogen-bond acceptors (Lipinski definition) is 4. The van der Waals surface area contributed by atoms with Crippen LogP contribution in [0.5, 0.6) is 0 Å². The van der Waals surface area contributed by atoms with Crippen LogP contribution in [0.4, 0.5) is 8.78 Å². The highest BCUT2D eigenvalue weighted by molar-refractivity contribution is 7.89. The van der Waals surface area contributed by atoms with E-state index in [9.17, 15) is 22.0 Å². The molecule has 0 aliphatic rings. The second kappa shape index (κ2) is 7.95. The number of carbonyl (C=O) groups is 1. The molecule has 0 saturated heterocycles. The van der Waals surface area contributed by atoms with Crippen LogP contribution in [0.1, 0.15) is 12.5 Å². The van der Waals surface area contributed by atoms with Crippen molar-refractivity contribution in [2.24, 2.45) is 5.10 Å². The summed E-state index contributed by atoms with van der Waals surface area (Å²) >= 11 is 0. The third kappa shape index (κ3) is 5.16. The van der Waals surface area contributed by atoms with Gasteiger partial charge in [-0.3, -0.25) is 4.79 Å². The largest absolute Gasteiger partial charge is 0.272 e. The summed E-state index contributed by atoms with van der Waals surface area (Å²) in [6.45, 7) is 0.880. The lowest BCUT2D eigenvalue weighted by atomic mass is 10.1. The average Bonchev–Trinajstić information content (AvgIpc) is 2.58. The van der Waals surface area contributed by atoms with Crippen LogP contribution in [0, 0.1) is 11.6 Å². The van der Waals surface area contributed by atoms with Gasteiger partial charge in [-0.1, -0.05) is 18.2 Å². The Balaban J connectivity index is 1.96. The molecule has 2 aromatic rings. The van der Waals surface area contributed by atoms with Crippen molar-refractivity contribution in [1.82, 2.24) is 10.1 Å². The highest BCUT2D eigenvalue weighted by Crippen LogP contribution is 2.10. The highest BCUT2D eigenvalue weighted by Gasteiger charge is 2.15. The molecular formula is C16H15F2N3O3S. The van der Waals surface area contributed by atoms with Gasteiger partial charge in [-0.15, -0.1) is 0 Å². The number of nitrogens with zero attached hydrogens (tertiary/aromatic N) is 1. The topological polar surface area (TPSA) is 87.6 Å². The lowest BCUT2D eigenvalue weighted by Gasteiger charge is -2.07. The molecule has 0 fully saturated rings. The molecule has 0 aromatic heterocycles. The van der Waals surface area contributed by atoms with E-state index in [0.29, 0.717) is 6.07 Å². The maximum absolute atomic E-state index is 13.6. The van der Waals surface area contributed by atoms with Crippen LogP contribution in [-0.2, 0) is 14.8 Å². The number of amides is 1. The first-order valence-corrected chi connectivity index (χ1v) is 8.61. The Labute approximate surface area is 143 Å². The van der Waals surface area contributed by atoms with Gasteiger partial charge in [-0.2, -0.15) is 5.10 Å². The fourth-order valence-electron chi connectivity index (χ4n) is 1.87. The van der Waals surface area contributed by atoms with E-state index in [-0.39, 0.29) is 16.2 Å². The zero-order chi connectivity index (χ0) is 18.4. The number of hydrogen-bond donors (Lipinski definition) is 2. The predicted octanol–water partition coefficient (Wildman–Crippen LogP) is 1.78. The van der Waals surface area contributed by atoms with Gasteiger partial charge >= 0.3 is 0 Å². The first-order valence-electron chi connectivity index (χ1n) is 7.13. The summed E-state index contributed by atoms with van der Waals surface area (Å²) in [6, 6.07) is 10.5. The van der Waals surface area contributed by atoms with E-state index in [1.54, 1.807) is 18.2 Å². The first-order chi connectivity index (χ1) is 11.8. The number of rotatable bonds is 6. The fraction of sp³-hybridized carbons (Fsp3) is 0.125. The molecule has 0 aliphatic carbocycles. The van der Waals surface area contributed by atoms with Gasteiger partial charge in [0.15, 0.2) is 0 Å². The smallest absolute Gasteiger partial charge is 0.255 e. The fourth-order valence-corrected chi connectivity index (χ4v) is 2.88. The Kier molecular flexibility index (Phi) is 5.94. The van der Waals surface area contributed by atoms with E-state index in [4.69, 9.17) is 0 Å². The maximum atomic E-state index is 13.6. The van der Waals surface area contributed by atoms with Crippen LogP contribution >= 0.6 is 0 Å². The van der Waals surface area contributed by atoms with Crippen LogP contribution in [0.15, 0.2) is 58.5 Å². The van der Waals surface area contributed by atoms with Gasteiger partial charge in [0.25, 0.3) is 5.91 Å². The molecule has 2 aromatic carbocycles. The molecule has 25 heavy (non-hydrogen) atoms. The minimum Gasteiger partial charge on any atom is -0.272 e. The first kappa shape index (κ1) is 18.7. The van der Waals surface area contributed by atoms with Crippen molar-refractivity contribution in [2.45, 2.75) is 11.8 Å². The van der Waals surface area contributed by atoms with E-state index < -0.39 is 34.1 Å². The SMILES string of the molecule is C/C(=N/NC(=O)CNS(=O)(=O)c1ccccc1)c1ccc(F)cc1F. The molecule has 0 saturated carbocycles. The summed E-state index contributed by atoms with van der Waals surface area (Å²) in [5, 5.41) is 3.68. The second-order valence-corrected chi connectivity index (χ2v) is 6.76. The number of carbonyl (C=O) groups excluding carboxylic acids is 1. The van der Waals surface area contributed by atoms with Crippen LogP contribution in [-0.4, -0.2) is 26.6 Å². The van der Waals surface area contributed by atoms with Gasteiger partial charge in [0.1, 0.15) is 11.6 Å². The van der Waals surface area contributed by atoms with E-state index >= 15 is 0 Å². The lowest BCUT2D eigenvalue weighted by molar-refractivity contribution is -0.119. The van der Waals surface area contributed by atoms with Crippen molar-refractivity contribution in [3.05, 3.63) is 65.7 Å². The molecule has 9 heteroatoms. The van der Waals surface area contributed by atoms with Crippen LogP contribution in [0.2, 0.25) is 0 Å². The molecule has 132 valence electrons. The molecule has 0 heterocycles. The molecule has 0 atom stereocenters. The zero-order valence-corrected chi connectivity index (χ0v) is 14.0. The molecule has 0 aliphatic heterocycles. The minimum atomic E-state index is -3.82. The summed E-state index contributed by atoms with van der Waals surface area (Å²) < 4.78 is 52.5. The molecule has 2 N–H and O–H groups in total. The maximum Gasteiger partial charge on any atom is 0.255 e. The number of nitrogens with one attached hydrogen (secondary N) is 2. The lowest BCUT2D eigenvalue weighted by Crippen LogP contribution is -2.35. The molecule has 0 unspecified atom stereocenters.